The summed E-state index contributed by atoms with van der Waals surface area (Å²) in [5.41, 5.74) is 13.1. The molecule has 4 N–H and O–H groups in total. The van der Waals surface area contributed by atoms with Gasteiger partial charge in [-0.2, -0.15) is 5.10 Å². The second-order valence-corrected chi connectivity index (χ2v) is 17.4. The fraction of sp³-hybridized carbons (Fsp3) is 0.472. The van der Waals surface area contributed by atoms with Crippen molar-refractivity contribution in [1.29, 1.82) is 0 Å². The van der Waals surface area contributed by atoms with Crippen molar-refractivity contribution >= 4 is 50.5 Å². The van der Waals surface area contributed by atoms with Gasteiger partial charge in [0.25, 0.3) is 0 Å². The molecular weight excluding hydrogens is 833 g/mol. The molecule has 0 amide bonds. The van der Waals surface area contributed by atoms with Crippen molar-refractivity contribution < 1.29 is 33.7 Å². The number of ether oxygens (including phenoxy) is 4. The molecule has 0 atom stereocenters. The Hall–Kier alpha value is -6.08. The van der Waals surface area contributed by atoms with E-state index in [2.05, 4.69) is 36.6 Å². The third-order valence-corrected chi connectivity index (χ3v) is 13.1. The number of allylic oxidation sites excluding steroid dienone is 2. The molecule has 3 heterocycles. The monoisotopic (exact) mass is 901 g/mol. The van der Waals surface area contributed by atoms with Crippen molar-refractivity contribution in [3.05, 3.63) is 95.0 Å². The highest BCUT2D eigenvalue weighted by molar-refractivity contribution is 6.40. The van der Waals surface area contributed by atoms with E-state index in [0.717, 1.165) is 153 Å². The molecule has 3 aromatic carbocycles. The van der Waals surface area contributed by atoms with Crippen LogP contribution < -0.4 is 19.6 Å². The third kappa shape index (κ3) is 12.6. The number of nitrogens with one attached hydrogen (secondary N) is 3. The van der Waals surface area contributed by atoms with Gasteiger partial charge < -0.3 is 39.0 Å². The van der Waals surface area contributed by atoms with Crippen LogP contribution in [-0.4, -0.2) is 90.7 Å². The number of carbonyl (C=O) groups excluding carboxylic acids is 2. The molecule has 13 heteroatoms. The summed E-state index contributed by atoms with van der Waals surface area (Å²) in [7, 11) is 4.97. The van der Waals surface area contributed by atoms with Crippen LogP contribution in [0.15, 0.2) is 82.7 Å². The second kappa shape index (κ2) is 24.4. The Morgan fingerprint density at radius 2 is 1.12 bits per heavy atom. The summed E-state index contributed by atoms with van der Waals surface area (Å²) in [5.74, 6) is 2.92. The van der Waals surface area contributed by atoms with Gasteiger partial charge in [0, 0.05) is 53.4 Å². The summed E-state index contributed by atoms with van der Waals surface area (Å²) in [6.45, 7) is 4.03. The third-order valence-electron chi connectivity index (χ3n) is 13.1. The van der Waals surface area contributed by atoms with E-state index in [9.17, 15) is 9.59 Å². The van der Waals surface area contributed by atoms with E-state index in [4.69, 9.17) is 24.2 Å². The SMILES string of the molecule is C1=C(N2CCOCC2)CCCCC1.COc1ccc(N/N=C2\CCCCCC2=O)cc1.COc1ccc2[nH]c3c(c2c1)CCCC/C3=N\O.COc1ccc2[nH]c3c(c2c1)CCCCC3=O. The number of hydrazone groups is 1. The first-order valence-corrected chi connectivity index (χ1v) is 24.0. The number of benzene rings is 3. The Kier molecular flexibility index (Phi) is 17.7. The van der Waals surface area contributed by atoms with Gasteiger partial charge in [0.2, 0.25) is 0 Å². The molecule has 1 saturated carbocycles. The number of H-pyrrole nitrogens is 2. The zero-order chi connectivity index (χ0) is 46.1. The summed E-state index contributed by atoms with van der Waals surface area (Å²) in [5, 5.41) is 19.1. The minimum absolute atomic E-state index is 0.175. The molecule has 0 spiro atoms. The first-order chi connectivity index (χ1) is 32.4. The number of Topliss-reactive ketones (excluding diaryl/α,β-unsaturated/α-hetero) is 2. The van der Waals surface area contributed by atoms with Crippen LogP contribution in [0.5, 0.6) is 17.2 Å². The average Bonchev–Trinajstić information content (AvgIpc) is 3.53. The molecule has 66 heavy (non-hydrogen) atoms. The van der Waals surface area contributed by atoms with Gasteiger partial charge >= 0.3 is 0 Å². The molecule has 10 rings (SSSR count). The quantitative estimate of drug-likeness (QED) is 0.0562. The van der Waals surface area contributed by atoms with E-state index in [0.29, 0.717) is 18.6 Å². The van der Waals surface area contributed by atoms with Crippen molar-refractivity contribution in [1.82, 2.24) is 14.9 Å². The molecular formula is C53H68N6O7. The normalized spacial score (nSPS) is 18.9. The number of methoxy groups -OCH3 is 3. The molecule has 1 aliphatic heterocycles. The average molecular weight is 901 g/mol. The lowest BCUT2D eigenvalue weighted by molar-refractivity contribution is -0.113. The number of morpholine rings is 1. The Morgan fingerprint density at radius 3 is 1.79 bits per heavy atom. The number of aryl methyl sites for hydroxylation is 2. The van der Waals surface area contributed by atoms with Crippen molar-refractivity contribution in [3.8, 4) is 17.2 Å². The molecule has 0 radical (unpaired) electrons. The summed E-state index contributed by atoms with van der Waals surface area (Å²) < 4.78 is 20.9. The minimum Gasteiger partial charge on any atom is -0.497 e. The van der Waals surface area contributed by atoms with Gasteiger partial charge in [-0.3, -0.25) is 15.0 Å². The molecule has 5 aromatic rings. The van der Waals surface area contributed by atoms with E-state index >= 15 is 0 Å². The maximum Gasteiger partial charge on any atom is 0.179 e. The van der Waals surface area contributed by atoms with Gasteiger partial charge in [0.05, 0.1) is 51.6 Å². The number of anilines is 1. The Morgan fingerprint density at radius 1 is 0.591 bits per heavy atom. The van der Waals surface area contributed by atoms with E-state index in [1.165, 1.54) is 48.6 Å². The van der Waals surface area contributed by atoms with Gasteiger partial charge in [0.1, 0.15) is 28.7 Å². The highest BCUT2D eigenvalue weighted by atomic mass is 16.5. The van der Waals surface area contributed by atoms with Gasteiger partial charge in [-0.15, -0.1) is 0 Å². The van der Waals surface area contributed by atoms with E-state index in [1.807, 2.05) is 60.7 Å². The van der Waals surface area contributed by atoms with Crippen LogP contribution in [0.4, 0.5) is 5.69 Å². The summed E-state index contributed by atoms with van der Waals surface area (Å²) in [4.78, 5) is 32.8. The Labute approximate surface area is 389 Å². The molecule has 2 aromatic heterocycles. The van der Waals surface area contributed by atoms with E-state index in [-0.39, 0.29) is 11.6 Å². The number of nitrogens with zero attached hydrogens (tertiary/aromatic N) is 3. The van der Waals surface area contributed by atoms with Gasteiger partial charge in [-0.05, 0) is 162 Å². The number of hydrogen-bond donors (Lipinski definition) is 4. The molecule has 2 fully saturated rings. The largest absolute Gasteiger partial charge is 0.497 e. The van der Waals surface area contributed by atoms with E-state index in [1.54, 1.807) is 27.0 Å². The highest BCUT2D eigenvalue weighted by Crippen LogP contribution is 2.33. The smallest absolute Gasteiger partial charge is 0.179 e. The topological polar surface area (TPSA) is 163 Å². The number of hydrogen-bond acceptors (Lipinski definition) is 11. The second-order valence-electron chi connectivity index (χ2n) is 17.4. The molecule has 352 valence electrons. The number of fused-ring (bicyclic) bond motifs is 6. The van der Waals surface area contributed by atoms with Crippen molar-refractivity contribution in [2.45, 2.75) is 116 Å². The Balaban J connectivity index is 0.000000132. The fourth-order valence-corrected chi connectivity index (χ4v) is 9.33. The van der Waals surface area contributed by atoms with E-state index < -0.39 is 0 Å². The van der Waals surface area contributed by atoms with Crippen LogP contribution >= 0.6 is 0 Å². The van der Waals surface area contributed by atoms with Crippen LogP contribution in [0.3, 0.4) is 0 Å². The lowest BCUT2D eigenvalue weighted by atomic mass is 10.1. The van der Waals surface area contributed by atoms with Crippen LogP contribution in [0.25, 0.3) is 21.8 Å². The molecule has 13 nitrogen and oxygen atoms in total. The number of aromatic nitrogens is 2. The maximum absolute atomic E-state index is 12.0. The van der Waals surface area contributed by atoms with Gasteiger partial charge in [0.15, 0.2) is 11.6 Å². The van der Waals surface area contributed by atoms with Crippen molar-refractivity contribution in [2.24, 2.45) is 10.3 Å². The molecule has 0 unspecified atom stereocenters. The first kappa shape index (κ1) is 47.9. The van der Waals surface area contributed by atoms with Crippen LogP contribution in [0.2, 0.25) is 0 Å². The lowest BCUT2D eigenvalue weighted by Crippen LogP contribution is -2.35. The first-order valence-electron chi connectivity index (χ1n) is 24.0. The number of carbonyl (C=O) groups is 2. The molecule has 4 aliphatic carbocycles. The number of ketones is 2. The number of aromatic amines is 2. The highest BCUT2D eigenvalue weighted by Gasteiger charge is 2.22. The Bertz CT molecular complexity index is 2480. The molecule has 1 saturated heterocycles. The fourth-order valence-electron chi connectivity index (χ4n) is 9.33. The predicted octanol–water partition coefficient (Wildman–Crippen LogP) is 11.3. The van der Waals surface area contributed by atoms with Crippen LogP contribution in [0.1, 0.15) is 130 Å². The minimum atomic E-state index is 0.175. The predicted molar refractivity (Wildman–Crippen MR) is 263 cm³/mol. The van der Waals surface area contributed by atoms with Gasteiger partial charge in [-0.1, -0.05) is 24.1 Å². The zero-order valence-electron chi connectivity index (χ0n) is 39.1. The molecule has 0 bridgehead atoms. The number of oxime groups is 1. The summed E-state index contributed by atoms with van der Waals surface area (Å²) in [6.07, 6.45) is 21.5. The lowest BCUT2D eigenvalue weighted by Gasteiger charge is -2.30. The number of rotatable bonds is 6. The summed E-state index contributed by atoms with van der Waals surface area (Å²) >= 11 is 0. The standard InChI is InChI=1S/C14H16N2O2.C14H18N2O2.C14H15NO2.C11H19NO/c1-18-9-6-7-12-11(8-9)10-4-2-3-5-13(16-17)14(10)15-12;1-18-12-9-7-11(8-10-12)15-16-13-5-3-2-4-6-14(13)17;1-17-9-6-7-12-11(8-9)10-4-2-3-5-13(16)14(10)15-12;1-2-4-6-11(5-3-1)12-7-9-13-10-8-12/h6-8,15,17H,2-5H2,1H3;7-10,15H,2-6H2,1H3;6-8,15H,2-5H2,1H3;5H,1-4,6-10H2/b2*16-13+;;. The van der Waals surface area contributed by atoms with Crippen LogP contribution in [-0.2, 0) is 22.4 Å². The maximum atomic E-state index is 12.0. The van der Waals surface area contributed by atoms with Crippen LogP contribution in [0, 0.1) is 0 Å². The van der Waals surface area contributed by atoms with Gasteiger partial charge in [-0.25, -0.2) is 0 Å². The molecule has 5 aliphatic rings. The van der Waals surface area contributed by atoms with Crippen molar-refractivity contribution in [2.75, 3.05) is 53.1 Å². The van der Waals surface area contributed by atoms with Crippen molar-refractivity contribution in [3.63, 3.8) is 0 Å². The summed E-state index contributed by atoms with van der Waals surface area (Å²) in [6, 6.07) is 19.4. The zero-order valence-corrected chi connectivity index (χ0v) is 39.1.